The summed E-state index contributed by atoms with van der Waals surface area (Å²) >= 11 is 0. The predicted octanol–water partition coefficient (Wildman–Crippen LogP) is 2.22. The summed E-state index contributed by atoms with van der Waals surface area (Å²) in [5.41, 5.74) is 0.228. The maximum absolute atomic E-state index is 6.21. The molecular formula is C18H37N3O2. The summed E-state index contributed by atoms with van der Waals surface area (Å²) in [5, 5.41) is 2.18. The van der Waals surface area contributed by atoms with Gasteiger partial charge < -0.3 is 4.74 Å². The van der Waals surface area contributed by atoms with Gasteiger partial charge in [0.2, 0.25) is 0 Å². The normalized spacial score (nSPS) is 26.1. The molecule has 2 heterocycles. The summed E-state index contributed by atoms with van der Waals surface area (Å²) in [6.45, 7) is 21.4. The average Bonchev–Trinajstić information content (AvgIpc) is 2.84. The van der Waals surface area contributed by atoms with Gasteiger partial charge in [-0.3, -0.25) is 14.6 Å². The fourth-order valence-corrected chi connectivity index (χ4v) is 3.24. The number of likely N-dealkylation sites (tertiary alicyclic amines) is 1. The molecule has 0 aromatic carbocycles. The molecule has 2 saturated heterocycles. The SMILES string of the molecule is CC(C)(C)OCCN1CC[C@H](ON2CCN(C(C)(C)C)CC2)C1. The first-order chi connectivity index (χ1) is 10.6. The highest BCUT2D eigenvalue weighted by atomic mass is 16.7. The van der Waals surface area contributed by atoms with Crippen molar-refractivity contribution < 1.29 is 9.57 Å². The molecule has 2 aliphatic rings. The van der Waals surface area contributed by atoms with Gasteiger partial charge in [0, 0.05) is 51.4 Å². The van der Waals surface area contributed by atoms with Crippen molar-refractivity contribution in [3.8, 4) is 0 Å². The molecular weight excluding hydrogens is 290 g/mol. The van der Waals surface area contributed by atoms with Crippen LogP contribution in [0.4, 0.5) is 0 Å². The van der Waals surface area contributed by atoms with Crippen molar-refractivity contribution in [2.24, 2.45) is 0 Å². The number of hydrogen-bond acceptors (Lipinski definition) is 5. The second kappa shape index (κ2) is 7.79. The van der Waals surface area contributed by atoms with Crippen LogP contribution in [0.1, 0.15) is 48.0 Å². The number of piperazine rings is 1. The van der Waals surface area contributed by atoms with Crippen molar-refractivity contribution in [2.45, 2.75) is 65.2 Å². The smallest absolute Gasteiger partial charge is 0.0931 e. The van der Waals surface area contributed by atoms with Crippen molar-refractivity contribution in [3.63, 3.8) is 0 Å². The number of rotatable bonds is 5. The van der Waals surface area contributed by atoms with Crippen LogP contribution in [0.25, 0.3) is 0 Å². The largest absolute Gasteiger partial charge is 0.375 e. The standard InChI is InChI=1S/C18H37N3O2/c1-17(2,3)20-9-11-21(12-10-20)23-16-7-8-19(15-16)13-14-22-18(4,5)6/h16H,7-15H2,1-6H3/t16-/m0/s1. The molecule has 5 nitrogen and oxygen atoms in total. The third kappa shape index (κ3) is 6.67. The molecule has 0 amide bonds. The molecule has 0 aromatic rings. The van der Waals surface area contributed by atoms with Gasteiger partial charge >= 0.3 is 0 Å². The van der Waals surface area contributed by atoms with E-state index in [1.165, 1.54) is 0 Å². The topological polar surface area (TPSA) is 28.2 Å². The molecule has 23 heavy (non-hydrogen) atoms. The van der Waals surface area contributed by atoms with Crippen molar-refractivity contribution in [1.82, 2.24) is 14.9 Å². The van der Waals surface area contributed by atoms with Gasteiger partial charge in [-0.05, 0) is 48.0 Å². The maximum Gasteiger partial charge on any atom is 0.0931 e. The lowest BCUT2D eigenvalue weighted by Crippen LogP contribution is -2.53. The van der Waals surface area contributed by atoms with Crippen LogP contribution in [0.3, 0.4) is 0 Å². The van der Waals surface area contributed by atoms with Gasteiger partial charge in [0.25, 0.3) is 0 Å². The lowest BCUT2D eigenvalue weighted by Gasteiger charge is -2.42. The highest BCUT2D eigenvalue weighted by Gasteiger charge is 2.30. The minimum absolute atomic E-state index is 0.0393. The van der Waals surface area contributed by atoms with E-state index < -0.39 is 0 Å². The Morgan fingerprint density at radius 1 is 0.913 bits per heavy atom. The Morgan fingerprint density at radius 3 is 2.13 bits per heavy atom. The molecule has 2 rings (SSSR count). The molecule has 5 heteroatoms. The van der Waals surface area contributed by atoms with Crippen LogP contribution in [0.5, 0.6) is 0 Å². The summed E-state index contributed by atoms with van der Waals surface area (Å²) in [6.07, 6.45) is 1.49. The Kier molecular flexibility index (Phi) is 6.48. The van der Waals surface area contributed by atoms with E-state index in [9.17, 15) is 0 Å². The van der Waals surface area contributed by atoms with Gasteiger partial charge in [-0.25, -0.2) is 0 Å². The molecule has 0 radical (unpaired) electrons. The van der Waals surface area contributed by atoms with Gasteiger partial charge in [0.1, 0.15) is 0 Å². The lowest BCUT2D eigenvalue weighted by atomic mass is 10.1. The van der Waals surface area contributed by atoms with E-state index in [2.05, 4.69) is 56.4 Å². The quantitative estimate of drug-likeness (QED) is 0.772. The molecule has 0 aliphatic carbocycles. The predicted molar refractivity (Wildman–Crippen MR) is 94.5 cm³/mol. The zero-order chi connectivity index (χ0) is 17.1. The van der Waals surface area contributed by atoms with Crippen LogP contribution >= 0.6 is 0 Å². The molecule has 0 bridgehead atoms. The number of nitrogens with zero attached hydrogens (tertiary/aromatic N) is 3. The number of hydroxylamine groups is 2. The first-order valence-electron chi connectivity index (χ1n) is 9.16. The summed E-state index contributed by atoms with van der Waals surface area (Å²) in [7, 11) is 0. The molecule has 1 atom stereocenters. The third-order valence-electron chi connectivity index (χ3n) is 4.66. The minimum atomic E-state index is -0.0393. The van der Waals surface area contributed by atoms with Crippen LogP contribution < -0.4 is 0 Å². The molecule has 2 aliphatic heterocycles. The summed E-state index contributed by atoms with van der Waals surface area (Å²) < 4.78 is 5.82. The summed E-state index contributed by atoms with van der Waals surface area (Å²) in [6, 6.07) is 0. The van der Waals surface area contributed by atoms with Gasteiger partial charge in [0.15, 0.2) is 0 Å². The van der Waals surface area contributed by atoms with Crippen molar-refractivity contribution >= 4 is 0 Å². The number of ether oxygens (including phenoxy) is 1. The average molecular weight is 328 g/mol. The van der Waals surface area contributed by atoms with Gasteiger partial charge in [-0.1, -0.05) is 0 Å². The minimum Gasteiger partial charge on any atom is -0.375 e. The third-order valence-corrected chi connectivity index (χ3v) is 4.66. The van der Waals surface area contributed by atoms with Crippen LogP contribution in [0.2, 0.25) is 0 Å². The molecule has 0 saturated carbocycles. The molecule has 0 aromatic heterocycles. The van der Waals surface area contributed by atoms with E-state index in [-0.39, 0.29) is 11.1 Å². The molecule has 0 N–H and O–H groups in total. The molecule has 136 valence electrons. The first kappa shape index (κ1) is 19.1. The maximum atomic E-state index is 6.21. The van der Waals surface area contributed by atoms with E-state index in [4.69, 9.17) is 9.57 Å². The first-order valence-corrected chi connectivity index (χ1v) is 9.16. The Labute approximate surface area is 142 Å². The summed E-state index contributed by atoms with van der Waals surface area (Å²) in [5.74, 6) is 0. The Hall–Kier alpha value is -0.200. The van der Waals surface area contributed by atoms with Gasteiger partial charge in [-0.15, -0.1) is 0 Å². The molecule has 0 unspecified atom stereocenters. The van der Waals surface area contributed by atoms with Gasteiger partial charge in [0.05, 0.1) is 18.3 Å². The number of hydrogen-bond donors (Lipinski definition) is 0. The molecule has 0 spiro atoms. The monoisotopic (exact) mass is 327 g/mol. The zero-order valence-electron chi connectivity index (χ0n) is 16.1. The fourth-order valence-electron chi connectivity index (χ4n) is 3.24. The van der Waals surface area contributed by atoms with E-state index in [0.717, 1.165) is 58.8 Å². The van der Waals surface area contributed by atoms with Crippen LogP contribution in [0, 0.1) is 0 Å². The van der Waals surface area contributed by atoms with E-state index in [1.54, 1.807) is 0 Å². The Morgan fingerprint density at radius 2 is 1.57 bits per heavy atom. The van der Waals surface area contributed by atoms with E-state index in [0.29, 0.717) is 6.10 Å². The van der Waals surface area contributed by atoms with E-state index in [1.807, 2.05) is 0 Å². The fraction of sp³-hybridized carbons (Fsp3) is 1.00. The van der Waals surface area contributed by atoms with Crippen molar-refractivity contribution in [1.29, 1.82) is 0 Å². The second-order valence-corrected chi connectivity index (χ2v) is 8.86. The molecule has 2 fully saturated rings. The van der Waals surface area contributed by atoms with E-state index >= 15 is 0 Å². The Bertz CT molecular complexity index is 354. The van der Waals surface area contributed by atoms with Crippen LogP contribution in [-0.2, 0) is 9.57 Å². The second-order valence-electron chi connectivity index (χ2n) is 8.86. The van der Waals surface area contributed by atoms with Crippen molar-refractivity contribution in [2.75, 3.05) is 52.4 Å². The Balaban J connectivity index is 1.63. The van der Waals surface area contributed by atoms with Crippen LogP contribution in [0.15, 0.2) is 0 Å². The lowest BCUT2D eigenvalue weighted by molar-refractivity contribution is -0.212. The summed E-state index contributed by atoms with van der Waals surface area (Å²) in [4.78, 5) is 11.2. The highest BCUT2D eigenvalue weighted by Crippen LogP contribution is 2.19. The highest BCUT2D eigenvalue weighted by molar-refractivity contribution is 4.81. The van der Waals surface area contributed by atoms with Crippen LogP contribution in [-0.4, -0.2) is 84.5 Å². The van der Waals surface area contributed by atoms with Crippen molar-refractivity contribution in [3.05, 3.63) is 0 Å². The van der Waals surface area contributed by atoms with Gasteiger partial charge in [-0.2, -0.15) is 5.06 Å². The zero-order valence-corrected chi connectivity index (χ0v) is 16.1.